The Morgan fingerprint density at radius 2 is 1.81 bits per heavy atom. The van der Waals surface area contributed by atoms with Crippen molar-refractivity contribution in [3.05, 3.63) is 58.7 Å². The summed E-state index contributed by atoms with van der Waals surface area (Å²) in [5, 5.41) is 22.0. The minimum absolute atomic E-state index is 0.00687. The third-order valence-electron chi connectivity index (χ3n) is 11.7. The standard InChI is InChI=1S/C36H54O6S/c1-24(2)10-8-20-35(6)29(25(3)12-17-33(35)38)18-21-34(5)19-9-11-31-30(34)15-13-26(4)36(31,7)23-27-22-28(14-16-32(27)37)42-43(39,40)41/h10,14,16,22,26,29,33,37-38H,3,8-9,11-13,15,17-21,23H2,1-2,4-7H3,(H,39,40,41)/t26-,29?,33?,34?,35-,36+/m0/s1. The zero-order valence-corrected chi connectivity index (χ0v) is 28.0. The zero-order valence-electron chi connectivity index (χ0n) is 27.2. The highest BCUT2D eigenvalue weighted by molar-refractivity contribution is 7.81. The largest absolute Gasteiger partial charge is 0.508 e. The number of hydrogen-bond acceptors (Lipinski definition) is 5. The lowest BCUT2D eigenvalue weighted by Crippen LogP contribution is -2.44. The average molecular weight is 615 g/mol. The number of phenols is 1. The molecule has 1 aromatic carbocycles. The molecule has 0 amide bonds. The molecule has 0 spiro atoms. The minimum Gasteiger partial charge on any atom is -0.508 e. The number of phenolic OH excluding ortho intramolecular Hbond substituents is 1. The Morgan fingerprint density at radius 3 is 2.49 bits per heavy atom. The Labute approximate surface area is 260 Å². The van der Waals surface area contributed by atoms with Gasteiger partial charge in [0.05, 0.1) is 6.10 Å². The number of aliphatic hydroxyl groups is 1. The predicted molar refractivity (Wildman–Crippen MR) is 173 cm³/mol. The highest BCUT2D eigenvalue weighted by atomic mass is 32.3. The van der Waals surface area contributed by atoms with Gasteiger partial charge in [0.25, 0.3) is 0 Å². The van der Waals surface area contributed by atoms with Gasteiger partial charge in [-0.2, -0.15) is 8.42 Å². The Morgan fingerprint density at radius 1 is 1.09 bits per heavy atom. The number of rotatable bonds is 10. The summed E-state index contributed by atoms with van der Waals surface area (Å²) in [6.07, 6.45) is 13.7. The highest BCUT2D eigenvalue weighted by Crippen LogP contribution is 2.59. The first-order valence-corrected chi connectivity index (χ1v) is 17.6. The second kappa shape index (κ2) is 12.7. The molecule has 7 heteroatoms. The molecule has 1 aromatic rings. The van der Waals surface area contributed by atoms with Crippen LogP contribution in [0, 0.1) is 28.1 Å². The molecule has 0 saturated heterocycles. The van der Waals surface area contributed by atoms with Crippen molar-refractivity contribution in [3.63, 3.8) is 0 Å². The minimum atomic E-state index is -4.66. The molecule has 1 saturated carbocycles. The molecule has 1 fully saturated rings. The number of hydrogen-bond donors (Lipinski definition) is 3. The third kappa shape index (κ3) is 7.26. The van der Waals surface area contributed by atoms with Crippen molar-refractivity contribution in [2.24, 2.45) is 28.1 Å². The molecule has 0 aromatic heterocycles. The van der Waals surface area contributed by atoms with Crippen LogP contribution in [0.5, 0.6) is 11.5 Å². The average Bonchev–Trinajstić information content (AvgIpc) is 2.90. The SMILES string of the molecule is C=C1CCC(O)[C@@](C)(CCC=C(C)C)C1CCC1(C)CCCC2=C1CC[C@H](C)[C@@]2(C)Cc1cc(OS(=O)(=O)O)ccc1O. The van der Waals surface area contributed by atoms with Crippen molar-refractivity contribution in [3.8, 4) is 11.5 Å². The molecule has 43 heavy (non-hydrogen) atoms. The van der Waals surface area contributed by atoms with Crippen LogP contribution in [-0.4, -0.2) is 29.3 Å². The van der Waals surface area contributed by atoms with Crippen LogP contribution in [0.4, 0.5) is 0 Å². The van der Waals surface area contributed by atoms with Gasteiger partial charge in [0.15, 0.2) is 0 Å². The Hall–Kier alpha value is -2.09. The van der Waals surface area contributed by atoms with Gasteiger partial charge >= 0.3 is 10.4 Å². The van der Waals surface area contributed by atoms with Gasteiger partial charge in [-0.3, -0.25) is 4.55 Å². The summed E-state index contributed by atoms with van der Waals surface area (Å²) in [4.78, 5) is 0. The summed E-state index contributed by atoms with van der Waals surface area (Å²) in [6.45, 7) is 18.1. The lowest BCUT2D eigenvalue weighted by molar-refractivity contribution is -0.0306. The van der Waals surface area contributed by atoms with E-state index < -0.39 is 10.4 Å². The van der Waals surface area contributed by atoms with Crippen molar-refractivity contribution >= 4 is 10.4 Å². The topological polar surface area (TPSA) is 104 Å². The summed E-state index contributed by atoms with van der Waals surface area (Å²) in [5.74, 6) is 0.767. The van der Waals surface area contributed by atoms with Crippen LogP contribution in [0.2, 0.25) is 0 Å². The molecule has 3 aliphatic carbocycles. The quantitative estimate of drug-likeness (QED) is 0.180. The van der Waals surface area contributed by atoms with Gasteiger partial charge in [-0.25, -0.2) is 0 Å². The van der Waals surface area contributed by atoms with E-state index in [0.717, 1.165) is 70.6 Å². The van der Waals surface area contributed by atoms with Gasteiger partial charge in [0, 0.05) is 5.41 Å². The maximum atomic E-state index is 11.3. The van der Waals surface area contributed by atoms with E-state index in [1.165, 1.54) is 34.9 Å². The molecule has 0 aliphatic heterocycles. The van der Waals surface area contributed by atoms with Crippen LogP contribution in [0.15, 0.2) is 53.1 Å². The first-order valence-electron chi connectivity index (χ1n) is 16.2. The molecule has 0 heterocycles. The Balaban J connectivity index is 1.62. The fraction of sp³-hybridized carbons (Fsp3) is 0.667. The van der Waals surface area contributed by atoms with Crippen LogP contribution >= 0.6 is 0 Å². The molecule has 240 valence electrons. The molecule has 0 radical (unpaired) electrons. The molecule has 6 nitrogen and oxygen atoms in total. The van der Waals surface area contributed by atoms with Crippen molar-refractivity contribution < 1.29 is 27.4 Å². The van der Waals surface area contributed by atoms with Crippen molar-refractivity contribution in [2.45, 2.75) is 125 Å². The molecular weight excluding hydrogens is 560 g/mol. The van der Waals surface area contributed by atoms with E-state index in [4.69, 9.17) is 4.18 Å². The van der Waals surface area contributed by atoms with E-state index in [-0.39, 0.29) is 33.8 Å². The van der Waals surface area contributed by atoms with Gasteiger partial charge in [0.2, 0.25) is 0 Å². The van der Waals surface area contributed by atoms with Gasteiger partial charge in [-0.05, 0) is 137 Å². The summed E-state index contributed by atoms with van der Waals surface area (Å²) < 4.78 is 36.6. The van der Waals surface area contributed by atoms with E-state index in [1.807, 2.05) is 0 Å². The van der Waals surface area contributed by atoms with E-state index in [2.05, 4.69) is 54.2 Å². The second-order valence-corrected chi connectivity index (χ2v) is 15.9. The van der Waals surface area contributed by atoms with Crippen molar-refractivity contribution in [1.29, 1.82) is 0 Å². The summed E-state index contributed by atoms with van der Waals surface area (Å²) in [6, 6.07) is 4.33. The molecule has 3 unspecified atom stereocenters. The van der Waals surface area contributed by atoms with E-state index in [1.54, 1.807) is 5.57 Å². The molecule has 0 bridgehead atoms. The smallest absolute Gasteiger partial charge is 0.446 e. The summed E-state index contributed by atoms with van der Waals surface area (Å²) in [5.41, 5.74) is 5.99. The van der Waals surface area contributed by atoms with Crippen LogP contribution in [-0.2, 0) is 16.8 Å². The fourth-order valence-electron chi connectivity index (χ4n) is 8.74. The maximum absolute atomic E-state index is 11.3. The summed E-state index contributed by atoms with van der Waals surface area (Å²) >= 11 is 0. The first kappa shape index (κ1) is 33.8. The predicted octanol–water partition coefficient (Wildman–Crippen LogP) is 8.90. The van der Waals surface area contributed by atoms with Crippen LogP contribution in [0.25, 0.3) is 0 Å². The number of allylic oxidation sites excluding steroid dienone is 5. The molecule has 4 rings (SSSR count). The lowest BCUT2D eigenvalue weighted by atomic mass is 9.53. The maximum Gasteiger partial charge on any atom is 0.446 e. The second-order valence-electron chi connectivity index (χ2n) is 14.8. The van der Waals surface area contributed by atoms with Gasteiger partial charge in [-0.1, -0.05) is 62.6 Å². The lowest BCUT2D eigenvalue weighted by Gasteiger charge is -2.52. The zero-order chi connectivity index (χ0) is 31.8. The van der Waals surface area contributed by atoms with E-state index in [0.29, 0.717) is 23.8 Å². The van der Waals surface area contributed by atoms with Gasteiger partial charge in [0.1, 0.15) is 11.5 Å². The van der Waals surface area contributed by atoms with Gasteiger partial charge in [-0.15, -0.1) is 0 Å². The molecular formula is C36H54O6S. The van der Waals surface area contributed by atoms with Crippen LogP contribution in [0.1, 0.15) is 118 Å². The number of aromatic hydroxyl groups is 1. The van der Waals surface area contributed by atoms with Crippen LogP contribution < -0.4 is 4.18 Å². The molecule has 3 aliphatic rings. The summed E-state index contributed by atoms with van der Waals surface area (Å²) in [7, 11) is -4.66. The Bertz CT molecular complexity index is 1370. The molecule has 3 N–H and O–H groups in total. The van der Waals surface area contributed by atoms with E-state index in [9.17, 15) is 23.2 Å². The number of benzene rings is 1. The highest BCUT2D eigenvalue weighted by Gasteiger charge is 2.48. The van der Waals surface area contributed by atoms with Gasteiger partial charge < -0.3 is 14.4 Å². The normalized spacial score (nSPS) is 33.2. The molecule has 6 atom stereocenters. The first-order chi connectivity index (χ1) is 20.0. The fourth-order valence-corrected chi connectivity index (χ4v) is 9.09. The third-order valence-corrected chi connectivity index (χ3v) is 12.1. The Kier molecular flexibility index (Phi) is 10.0. The van der Waals surface area contributed by atoms with Crippen molar-refractivity contribution in [1.82, 2.24) is 0 Å². The van der Waals surface area contributed by atoms with Crippen LogP contribution in [0.3, 0.4) is 0 Å². The van der Waals surface area contributed by atoms with Crippen molar-refractivity contribution in [2.75, 3.05) is 0 Å². The number of aliphatic hydroxyl groups excluding tert-OH is 1. The van der Waals surface area contributed by atoms with E-state index >= 15 is 0 Å². The monoisotopic (exact) mass is 614 g/mol.